The van der Waals surface area contributed by atoms with Crippen molar-refractivity contribution in [1.82, 2.24) is 4.90 Å². The standard InChI is InChI=1S/C25H34N4O2/c1-28-15-17-29(18-16-28)21-10-8-9-20(19-21)24(30)13-4-2-3-5-14-25(31)27-23-12-7-6-11-22(23)26/h6-12,19H,2-5,13-18,26H2,1H3,(H,27,31). The molecule has 0 spiro atoms. The minimum atomic E-state index is -0.0188. The van der Waals surface area contributed by atoms with Crippen LogP contribution in [0.15, 0.2) is 48.5 Å². The summed E-state index contributed by atoms with van der Waals surface area (Å²) < 4.78 is 0. The number of carbonyl (C=O) groups is 2. The molecule has 0 unspecified atom stereocenters. The van der Waals surface area contributed by atoms with Crippen LogP contribution < -0.4 is 16.0 Å². The van der Waals surface area contributed by atoms with Gasteiger partial charge in [0, 0.05) is 50.3 Å². The Labute approximate surface area is 185 Å². The van der Waals surface area contributed by atoms with E-state index in [-0.39, 0.29) is 11.7 Å². The van der Waals surface area contributed by atoms with Crippen LogP contribution in [0.4, 0.5) is 17.1 Å². The number of hydrogen-bond acceptors (Lipinski definition) is 5. The smallest absolute Gasteiger partial charge is 0.224 e. The molecule has 166 valence electrons. The van der Waals surface area contributed by atoms with Crippen molar-refractivity contribution < 1.29 is 9.59 Å². The van der Waals surface area contributed by atoms with Crippen LogP contribution in [-0.4, -0.2) is 49.8 Å². The summed E-state index contributed by atoms with van der Waals surface area (Å²) in [6, 6.07) is 15.3. The lowest BCUT2D eigenvalue weighted by molar-refractivity contribution is -0.116. The van der Waals surface area contributed by atoms with Crippen molar-refractivity contribution in [2.24, 2.45) is 0 Å². The van der Waals surface area contributed by atoms with Crippen LogP contribution in [0.5, 0.6) is 0 Å². The SMILES string of the molecule is CN1CCN(c2cccc(C(=O)CCCCCCC(=O)Nc3ccccc3N)c2)CC1. The number of rotatable bonds is 10. The van der Waals surface area contributed by atoms with Gasteiger partial charge in [-0.25, -0.2) is 0 Å². The summed E-state index contributed by atoms with van der Waals surface area (Å²) in [7, 11) is 2.14. The van der Waals surface area contributed by atoms with E-state index in [1.54, 1.807) is 12.1 Å². The predicted octanol–water partition coefficient (Wildman–Crippen LogP) is 4.18. The average molecular weight is 423 g/mol. The second-order valence-electron chi connectivity index (χ2n) is 8.31. The number of amides is 1. The Balaban J connectivity index is 1.33. The van der Waals surface area contributed by atoms with E-state index in [9.17, 15) is 9.59 Å². The zero-order valence-electron chi connectivity index (χ0n) is 18.5. The van der Waals surface area contributed by atoms with Crippen LogP contribution in [0.2, 0.25) is 0 Å². The summed E-state index contributed by atoms with van der Waals surface area (Å²) in [6.07, 6.45) is 4.57. The van der Waals surface area contributed by atoms with Gasteiger partial charge < -0.3 is 20.9 Å². The van der Waals surface area contributed by atoms with Crippen LogP contribution in [0.25, 0.3) is 0 Å². The highest BCUT2D eigenvalue weighted by Gasteiger charge is 2.15. The number of anilines is 3. The molecule has 6 heteroatoms. The van der Waals surface area contributed by atoms with Gasteiger partial charge in [0.05, 0.1) is 11.4 Å². The van der Waals surface area contributed by atoms with Gasteiger partial charge in [-0.05, 0) is 44.2 Å². The molecule has 0 aliphatic carbocycles. The monoisotopic (exact) mass is 422 g/mol. The van der Waals surface area contributed by atoms with E-state index in [1.807, 2.05) is 30.3 Å². The maximum absolute atomic E-state index is 12.6. The topological polar surface area (TPSA) is 78.7 Å². The molecule has 1 fully saturated rings. The van der Waals surface area contributed by atoms with Gasteiger partial charge in [0.1, 0.15) is 0 Å². The van der Waals surface area contributed by atoms with E-state index >= 15 is 0 Å². The second-order valence-corrected chi connectivity index (χ2v) is 8.31. The summed E-state index contributed by atoms with van der Waals surface area (Å²) in [4.78, 5) is 29.3. The summed E-state index contributed by atoms with van der Waals surface area (Å²) in [6.45, 7) is 4.10. The van der Waals surface area contributed by atoms with Gasteiger partial charge in [-0.3, -0.25) is 9.59 Å². The molecular formula is C25H34N4O2. The Morgan fingerprint density at radius 2 is 1.61 bits per heavy atom. The van der Waals surface area contributed by atoms with Gasteiger partial charge in [0.2, 0.25) is 5.91 Å². The fourth-order valence-electron chi connectivity index (χ4n) is 3.83. The van der Waals surface area contributed by atoms with Crippen LogP contribution in [-0.2, 0) is 4.79 Å². The highest BCUT2D eigenvalue weighted by Crippen LogP contribution is 2.20. The summed E-state index contributed by atoms with van der Waals surface area (Å²) >= 11 is 0. The molecule has 2 aromatic carbocycles. The van der Waals surface area contributed by atoms with Crippen molar-refractivity contribution in [2.75, 3.05) is 49.2 Å². The van der Waals surface area contributed by atoms with Crippen molar-refractivity contribution in [3.63, 3.8) is 0 Å². The normalized spacial score (nSPS) is 14.4. The van der Waals surface area contributed by atoms with Gasteiger partial charge in [-0.15, -0.1) is 0 Å². The maximum atomic E-state index is 12.6. The van der Waals surface area contributed by atoms with E-state index < -0.39 is 0 Å². The Bertz CT molecular complexity index is 875. The van der Waals surface area contributed by atoms with E-state index in [0.29, 0.717) is 24.2 Å². The Hall–Kier alpha value is -2.86. The van der Waals surface area contributed by atoms with Crippen molar-refractivity contribution in [2.45, 2.75) is 38.5 Å². The first-order valence-corrected chi connectivity index (χ1v) is 11.2. The second kappa shape index (κ2) is 11.5. The zero-order valence-corrected chi connectivity index (χ0v) is 18.5. The molecule has 1 aliphatic heterocycles. The molecule has 3 rings (SSSR count). The van der Waals surface area contributed by atoms with Crippen LogP contribution in [0.1, 0.15) is 48.9 Å². The van der Waals surface area contributed by atoms with Gasteiger partial charge in [0.15, 0.2) is 5.78 Å². The highest BCUT2D eigenvalue weighted by atomic mass is 16.1. The third-order valence-electron chi connectivity index (χ3n) is 5.83. The first kappa shape index (κ1) is 22.8. The van der Waals surface area contributed by atoms with E-state index in [0.717, 1.165) is 63.1 Å². The lowest BCUT2D eigenvalue weighted by Crippen LogP contribution is -2.44. The molecule has 1 heterocycles. The number of unbranched alkanes of at least 4 members (excludes halogenated alkanes) is 3. The Morgan fingerprint density at radius 1 is 0.903 bits per heavy atom. The Kier molecular flexibility index (Phi) is 8.47. The molecule has 1 amide bonds. The number of para-hydroxylation sites is 2. The fourth-order valence-corrected chi connectivity index (χ4v) is 3.83. The van der Waals surface area contributed by atoms with E-state index in [1.165, 1.54) is 0 Å². The first-order valence-electron chi connectivity index (χ1n) is 11.2. The third-order valence-corrected chi connectivity index (χ3v) is 5.83. The van der Waals surface area contributed by atoms with Crippen LogP contribution in [0.3, 0.4) is 0 Å². The molecule has 0 aromatic heterocycles. The van der Waals surface area contributed by atoms with Gasteiger partial charge in [-0.1, -0.05) is 37.1 Å². The summed E-state index contributed by atoms with van der Waals surface area (Å²) in [5.74, 6) is 0.183. The minimum Gasteiger partial charge on any atom is -0.397 e. The van der Waals surface area contributed by atoms with Gasteiger partial charge in [-0.2, -0.15) is 0 Å². The number of piperazine rings is 1. The molecule has 0 radical (unpaired) electrons. The fraction of sp³-hybridized carbons (Fsp3) is 0.440. The molecule has 0 atom stereocenters. The predicted molar refractivity (Wildman–Crippen MR) is 128 cm³/mol. The molecular weight excluding hydrogens is 388 g/mol. The lowest BCUT2D eigenvalue weighted by atomic mass is 10.0. The molecule has 0 bridgehead atoms. The van der Waals surface area contributed by atoms with Crippen LogP contribution in [0, 0.1) is 0 Å². The highest BCUT2D eigenvalue weighted by molar-refractivity contribution is 5.97. The number of Topliss-reactive ketones (excluding diaryl/α,β-unsaturated/α-hetero) is 1. The largest absolute Gasteiger partial charge is 0.397 e. The third kappa shape index (κ3) is 7.10. The molecule has 3 N–H and O–H groups in total. The van der Waals surface area contributed by atoms with Crippen molar-refractivity contribution >= 4 is 28.8 Å². The average Bonchev–Trinajstić information content (AvgIpc) is 2.78. The van der Waals surface area contributed by atoms with Gasteiger partial charge in [0.25, 0.3) is 0 Å². The number of benzene rings is 2. The molecule has 6 nitrogen and oxygen atoms in total. The minimum absolute atomic E-state index is 0.0188. The number of nitrogen functional groups attached to an aromatic ring is 1. The molecule has 31 heavy (non-hydrogen) atoms. The molecule has 2 aromatic rings. The molecule has 0 saturated carbocycles. The zero-order chi connectivity index (χ0) is 22.1. The number of nitrogens with one attached hydrogen (secondary N) is 1. The quantitative estimate of drug-likeness (QED) is 0.341. The van der Waals surface area contributed by atoms with Crippen LogP contribution >= 0.6 is 0 Å². The number of carbonyl (C=O) groups excluding carboxylic acids is 2. The number of hydrogen-bond donors (Lipinski definition) is 2. The number of nitrogens with zero attached hydrogens (tertiary/aromatic N) is 2. The number of ketones is 1. The van der Waals surface area contributed by atoms with Crippen molar-refractivity contribution in [3.05, 3.63) is 54.1 Å². The lowest BCUT2D eigenvalue weighted by Gasteiger charge is -2.34. The Morgan fingerprint density at radius 3 is 2.35 bits per heavy atom. The number of likely N-dealkylation sites (N-methyl/N-ethyl adjacent to an activating group) is 1. The van der Waals surface area contributed by atoms with E-state index in [2.05, 4.69) is 28.2 Å². The summed E-state index contributed by atoms with van der Waals surface area (Å²) in [5, 5.41) is 2.85. The molecule has 1 aliphatic rings. The van der Waals surface area contributed by atoms with Gasteiger partial charge >= 0.3 is 0 Å². The van der Waals surface area contributed by atoms with Crippen molar-refractivity contribution in [3.8, 4) is 0 Å². The maximum Gasteiger partial charge on any atom is 0.224 e. The first-order chi connectivity index (χ1) is 15.0. The van der Waals surface area contributed by atoms with E-state index in [4.69, 9.17) is 5.73 Å². The van der Waals surface area contributed by atoms with Crippen molar-refractivity contribution in [1.29, 1.82) is 0 Å². The number of nitrogens with two attached hydrogens (primary N) is 1. The molecule has 1 saturated heterocycles. The summed E-state index contributed by atoms with van der Waals surface area (Å²) in [5.41, 5.74) is 9.03.